The Morgan fingerprint density at radius 3 is 2.39 bits per heavy atom. The molecule has 3 heterocycles. The summed E-state index contributed by atoms with van der Waals surface area (Å²) in [5.41, 5.74) is 0.676. The van der Waals surface area contributed by atoms with Crippen molar-refractivity contribution in [3.8, 4) is 17.6 Å². The van der Waals surface area contributed by atoms with Gasteiger partial charge >= 0.3 is 12.4 Å². The molecule has 1 aromatic heterocycles. The van der Waals surface area contributed by atoms with Crippen molar-refractivity contribution in [2.24, 2.45) is 5.41 Å². The number of nitrogens with zero attached hydrogens (tertiary/aromatic N) is 1. The molecule has 0 bridgehead atoms. The number of likely N-dealkylation sites (tertiary alicyclic amines) is 1. The van der Waals surface area contributed by atoms with E-state index in [0.29, 0.717) is 39.4 Å². The van der Waals surface area contributed by atoms with Crippen molar-refractivity contribution in [2.45, 2.75) is 81.2 Å². The number of carbonyl (C=O) groups excluding carboxylic acids is 1. The molecule has 0 unspecified atom stereocenters. The van der Waals surface area contributed by atoms with E-state index in [1.807, 2.05) is 6.07 Å². The molecule has 2 saturated heterocycles. The number of amides is 1. The van der Waals surface area contributed by atoms with Crippen molar-refractivity contribution in [3.63, 3.8) is 0 Å². The Hall–Kier alpha value is -3.79. The fourth-order valence-electron chi connectivity index (χ4n) is 7.43. The van der Waals surface area contributed by atoms with E-state index in [0.717, 1.165) is 83.1 Å². The number of thiophene rings is 1. The van der Waals surface area contributed by atoms with E-state index in [9.17, 15) is 43.9 Å². The minimum Gasteiger partial charge on any atom is -0.482 e. The molecule has 6 rings (SSSR count). The van der Waals surface area contributed by atoms with Gasteiger partial charge in [0.25, 0.3) is 10.0 Å². The van der Waals surface area contributed by atoms with Gasteiger partial charge in [0.1, 0.15) is 16.5 Å². The number of benzene rings is 2. The zero-order chi connectivity index (χ0) is 38.9. The van der Waals surface area contributed by atoms with Crippen LogP contribution in [0.1, 0.15) is 55.9 Å². The largest absolute Gasteiger partial charge is 0.482 e. The van der Waals surface area contributed by atoms with Crippen molar-refractivity contribution in [3.05, 3.63) is 46.6 Å². The van der Waals surface area contributed by atoms with Crippen molar-refractivity contribution < 1.29 is 53.4 Å². The van der Waals surface area contributed by atoms with Crippen LogP contribution in [-0.4, -0.2) is 83.1 Å². The van der Waals surface area contributed by atoms with E-state index in [2.05, 4.69) is 27.4 Å². The molecule has 1 saturated carbocycles. The summed E-state index contributed by atoms with van der Waals surface area (Å²) < 4.78 is 132. The second kappa shape index (κ2) is 15.8. The Bertz CT molecular complexity index is 2020. The summed E-state index contributed by atoms with van der Waals surface area (Å²) in [5.74, 6) is 2.20. The molecular formula is C36H39F7N4O5S2. The topological polar surface area (TPSA) is 109 Å². The van der Waals surface area contributed by atoms with Gasteiger partial charge in [-0.3, -0.25) is 9.69 Å². The van der Waals surface area contributed by atoms with Gasteiger partial charge in [-0.2, -0.15) is 26.3 Å². The first-order valence-corrected chi connectivity index (χ1v) is 19.7. The van der Waals surface area contributed by atoms with Gasteiger partial charge in [-0.25, -0.2) is 17.5 Å². The zero-order valence-electron chi connectivity index (χ0n) is 29.2. The molecule has 3 fully saturated rings. The van der Waals surface area contributed by atoms with Gasteiger partial charge in [-0.05, 0) is 55.5 Å². The fraction of sp³-hybridized carbons (Fsp3) is 0.528. The lowest BCUT2D eigenvalue weighted by Gasteiger charge is -2.56. The molecule has 54 heavy (non-hydrogen) atoms. The summed E-state index contributed by atoms with van der Waals surface area (Å²) in [6.07, 6.45) is -4.54. The zero-order valence-corrected chi connectivity index (χ0v) is 30.8. The molecule has 1 aliphatic carbocycles. The molecule has 3 N–H and O–H groups in total. The number of carbonyl (C=O) groups is 1. The maximum Gasteiger partial charge on any atom is 0.422 e. The maximum absolute atomic E-state index is 14.9. The quantitative estimate of drug-likeness (QED) is 0.146. The van der Waals surface area contributed by atoms with Crippen LogP contribution in [0, 0.1) is 23.1 Å². The fourth-order valence-corrected chi connectivity index (χ4v) is 9.66. The normalized spacial score (nSPS) is 20.5. The van der Waals surface area contributed by atoms with Crippen molar-refractivity contribution in [2.75, 3.05) is 50.1 Å². The van der Waals surface area contributed by atoms with Crippen LogP contribution >= 0.6 is 11.3 Å². The lowest BCUT2D eigenvalue weighted by atomic mass is 9.71. The van der Waals surface area contributed by atoms with Crippen LogP contribution in [0.2, 0.25) is 0 Å². The lowest BCUT2D eigenvalue weighted by Crippen LogP contribution is -2.62. The third kappa shape index (κ3) is 9.71. The van der Waals surface area contributed by atoms with Gasteiger partial charge in [0.05, 0.1) is 33.9 Å². The second-order valence-electron chi connectivity index (χ2n) is 14.1. The molecule has 1 amide bonds. The Balaban J connectivity index is 1.17. The van der Waals surface area contributed by atoms with Gasteiger partial charge in [-0.15, -0.1) is 11.3 Å². The summed E-state index contributed by atoms with van der Waals surface area (Å²) in [5, 5.41) is 6.52. The number of hydrogen-bond acceptors (Lipinski definition) is 9. The van der Waals surface area contributed by atoms with Crippen molar-refractivity contribution in [1.82, 2.24) is 9.62 Å². The van der Waals surface area contributed by atoms with Gasteiger partial charge in [0.2, 0.25) is 5.91 Å². The number of halogens is 7. The van der Waals surface area contributed by atoms with Crippen LogP contribution in [0.5, 0.6) is 5.75 Å². The maximum atomic E-state index is 14.9. The van der Waals surface area contributed by atoms with E-state index < -0.39 is 63.5 Å². The number of nitrogens with one attached hydrogen (secondary N) is 3. The highest BCUT2D eigenvalue weighted by atomic mass is 32.2. The molecule has 9 nitrogen and oxygen atoms in total. The predicted octanol–water partition coefficient (Wildman–Crippen LogP) is 7.21. The molecule has 0 atom stereocenters. The first-order chi connectivity index (χ1) is 25.4. The number of fused-ring (bicyclic) bond motifs is 1. The van der Waals surface area contributed by atoms with Crippen LogP contribution in [0.25, 0.3) is 10.1 Å². The van der Waals surface area contributed by atoms with Gasteiger partial charge in [0, 0.05) is 62.9 Å². The van der Waals surface area contributed by atoms with Crippen LogP contribution in [0.3, 0.4) is 0 Å². The molecule has 2 aliphatic heterocycles. The van der Waals surface area contributed by atoms with E-state index in [4.69, 9.17) is 9.47 Å². The molecule has 18 heteroatoms. The Morgan fingerprint density at radius 1 is 1.04 bits per heavy atom. The number of hydrogen-bond donors (Lipinski definition) is 3. The smallest absolute Gasteiger partial charge is 0.422 e. The Kier molecular flexibility index (Phi) is 11.6. The molecule has 2 aromatic carbocycles. The van der Waals surface area contributed by atoms with Crippen LogP contribution < -0.4 is 20.1 Å². The standard InChI is InChI=1S/C36H39F7N4O5S2/c1-22(48)46-54(49,50)32-17-30(52-21-36(41,42)43)29(16-27(32)37)44-13-3-6-31-26(18-35(38,39)40)25-4-2-5-28(33(25)53-31)45-23-7-9-24(10-8-23)47-19-34(20-47)11-14-51-15-12-34/h2,4-5,16-17,23-24,44-45H,7-15,18-21H2,1H3,(H,46,48). The number of rotatable bonds is 10. The Labute approximate surface area is 312 Å². The lowest BCUT2D eigenvalue weighted by molar-refractivity contribution is -0.153. The molecule has 3 aliphatic rings. The van der Waals surface area contributed by atoms with E-state index in [1.165, 1.54) is 4.72 Å². The average molecular weight is 805 g/mol. The SMILES string of the molecule is CC(=O)NS(=O)(=O)c1cc(OCC(F)(F)F)c(NCC#Cc2sc3c(NC4CCC(N5CC6(CCOCC6)C5)CC4)cccc3c2CC(F)(F)F)cc1F. The molecule has 3 aromatic rings. The van der Waals surface area contributed by atoms with Crippen LogP contribution in [-0.2, 0) is 26.0 Å². The minimum atomic E-state index is -4.84. The summed E-state index contributed by atoms with van der Waals surface area (Å²) in [4.78, 5) is 12.9. The van der Waals surface area contributed by atoms with Gasteiger partial charge < -0.3 is 20.1 Å². The second-order valence-corrected chi connectivity index (χ2v) is 16.7. The first-order valence-electron chi connectivity index (χ1n) is 17.4. The van der Waals surface area contributed by atoms with E-state index in [1.54, 1.807) is 12.1 Å². The van der Waals surface area contributed by atoms with Gasteiger partial charge in [0.15, 0.2) is 6.61 Å². The van der Waals surface area contributed by atoms with Crippen LogP contribution in [0.4, 0.5) is 42.1 Å². The summed E-state index contributed by atoms with van der Waals surface area (Å²) in [6, 6.07) is 6.85. The third-order valence-corrected chi connectivity index (χ3v) is 12.6. The molecule has 1 spiro atoms. The van der Waals surface area contributed by atoms with E-state index >= 15 is 0 Å². The Morgan fingerprint density at radius 2 is 1.74 bits per heavy atom. The number of alkyl halides is 6. The third-order valence-electron chi connectivity index (χ3n) is 9.96. The average Bonchev–Trinajstić information content (AvgIpc) is 3.41. The highest BCUT2D eigenvalue weighted by Gasteiger charge is 2.46. The summed E-state index contributed by atoms with van der Waals surface area (Å²) in [6.45, 7) is 2.47. The number of anilines is 2. The number of ether oxygens (including phenoxy) is 2. The van der Waals surface area contributed by atoms with Crippen molar-refractivity contribution >= 4 is 48.7 Å². The molecule has 294 valence electrons. The van der Waals surface area contributed by atoms with E-state index in [-0.39, 0.29) is 23.0 Å². The number of sulfonamides is 1. The van der Waals surface area contributed by atoms with Gasteiger partial charge in [-0.1, -0.05) is 24.0 Å². The first kappa shape index (κ1) is 39.9. The van der Waals surface area contributed by atoms with Crippen molar-refractivity contribution in [1.29, 1.82) is 0 Å². The monoisotopic (exact) mass is 804 g/mol. The van der Waals surface area contributed by atoms with Crippen LogP contribution in [0.15, 0.2) is 35.2 Å². The highest BCUT2D eigenvalue weighted by molar-refractivity contribution is 7.90. The minimum absolute atomic E-state index is 0.0186. The predicted molar refractivity (Wildman–Crippen MR) is 190 cm³/mol. The molecule has 0 radical (unpaired) electrons. The highest BCUT2D eigenvalue weighted by Crippen LogP contribution is 2.44. The summed E-state index contributed by atoms with van der Waals surface area (Å²) >= 11 is 1.09. The molecular weight excluding hydrogens is 766 g/mol. The summed E-state index contributed by atoms with van der Waals surface area (Å²) in [7, 11) is -4.79.